The number of hydrogen-bond donors (Lipinski definition) is 0. The smallest absolute Gasteiger partial charge is 0.323 e. The van der Waals surface area contributed by atoms with Gasteiger partial charge >= 0.3 is 5.97 Å². The number of nitrogens with zero attached hydrogens (tertiary/aromatic N) is 2. The molecular weight excluding hydrogens is 232 g/mol. The van der Waals surface area contributed by atoms with E-state index in [2.05, 4.69) is 4.90 Å². The molecule has 1 aliphatic rings. The summed E-state index contributed by atoms with van der Waals surface area (Å²) in [4.78, 5) is 26.9. The molecule has 1 amide bonds. The Balaban J connectivity index is 2.38. The van der Waals surface area contributed by atoms with E-state index in [0.717, 1.165) is 38.8 Å². The van der Waals surface area contributed by atoms with Gasteiger partial charge in [0.25, 0.3) is 0 Å². The first-order valence-corrected chi connectivity index (χ1v) is 6.58. The highest BCUT2D eigenvalue weighted by atomic mass is 16.5. The first-order valence-electron chi connectivity index (χ1n) is 6.58. The van der Waals surface area contributed by atoms with Crippen LogP contribution in [0, 0.1) is 0 Å². The summed E-state index contributed by atoms with van der Waals surface area (Å²) in [6.45, 7) is 1.72. The Morgan fingerprint density at radius 1 is 1.33 bits per heavy atom. The maximum absolute atomic E-state index is 11.6. The quantitative estimate of drug-likeness (QED) is 0.685. The first kappa shape index (κ1) is 15.0. The Bertz CT molecular complexity index is 292. The van der Waals surface area contributed by atoms with Crippen LogP contribution in [0.2, 0.25) is 0 Å². The van der Waals surface area contributed by atoms with Crippen LogP contribution in [0.5, 0.6) is 0 Å². The second-order valence-corrected chi connectivity index (χ2v) is 4.96. The molecule has 5 nitrogen and oxygen atoms in total. The number of piperidine rings is 1. The number of methoxy groups -OCH3 is 1. The minimum atomic E-state index is -0.145. The topological polar surface area (TPSA) is 49.9 Å². The Labute approximate surface area is 109 Å². The molecule has 1 saturated heterocycles. The predicted molar refractivity (Wildman–Crippen MR) is 69.2 cm³/mol. The van der Waals surface area contributed by atoms with Gasteiger partial charge in [0.1, 0.15) is 6.04 Å². The molecule has 5 heteroatoms. The molecule has 0 aromatic heterocycles. The van der Waals surface area contributed by atoms with E-state index >= 15 is 0 Å². The van der Waals surface area contributed by atoms with Gasteiger partial charge in [0.15, 0.2) is 0 Å². The number of esters is 1. The predicted octanol–water partition coefficient (Wildman–Crippen LogP) is 0.882. The number of carbonyl (C=O) groups excluding carboxylic acids is 2. The molecule has 0 N–H and O–H groups in total. The van der Waals surface area contributed by atoms with E-state index in [1.54, 1.807) is 19.0 Å². The van der Waals surface area contributed by atoms with E-state index in [1.807, 2.05) is 0 Å². The highest BCUT2D eigenvalue weighted by molar-refractivity contribution is 5.76. The zero-order chi connectivity index (χ0) is 13.5. The van der Waals surface area contributed by atoms with Crippen LogP contribution in [0.4, 0.5) is 0 Å². The number of hydrogen-bond acceptors (Lipinski definition) is 4. The van der Waals surface area contributed by atoms with Gasteiger partial charge < -0.3 is 9.64 Å². The SMILES string of the molecule is COC(=O)[C@H]1CCCCN1CCCC(=O)N(C)C. The van der Waals surface area contributed by atoms with Crippen LogP contribution in [-0.4, -0.2) is 62.0 Å². The Kier molecular flexibility index (Phi) is 6.12. The molecule has 1 rings (SSSR count). The fourth-order valence-corrected chi connectivity index (χ4v) is 2.32. The number of likely N-dealkylation sites (tertiary alicyclic amines) is 1. The van der Waals surface area contributed by atoms with Crippen molar-refractivity contribution in [3.63, 3.8) is 0 Å². The van der Waals surface area contributed by atoms with Crippen molar-refractivity contribution < 1.29 is 14.3 Å². The molecule has 104 valence electrons. The second kappa shape index (κ2) is 7.36. The standard InChI is InChI=1S/C13H24N2O3/c1-14(2)12(16)8-6-10-15-9-5-4-7-11(15)13(17)18-3/h11H,4-10H2,1-3H3/t11-/m1/s1. The summed E-state index contributed by atoms with van der Waals surface area (Å²) in [6.07, 6.45) is 4.40. The third kappa shape index (κ3) is 4.29. The monoisotopic (exact) mass is 256 g/mol. The third-order valence-corrected chi connectivity index (χ3v) is 3.42. The van der Waals surface area contributed by atoms with Crippen molar-refractivity contribution in [1.82, 2.24) is 9.80 Å². The fraction of sp³-hybridized carbons (Fsp3) is 0.846. The van der Waals surface area contributed by atoms with E-state index in [4.69, 9.17) is 4.74 Å². The van der Waals surface area contributed by atoms with Crippen molar-refractivity contribution in [2.75, 3.05) is 34.3 Å². The van der Waals surface area contributed by atoms with Gasteiger partial charge in [-0.05, 0) is 32.4 Å². The van der Waals surface area contributed by atoms with Crippen molar-refractivity contribution in [1.29, 1.82) is 0 Å². The average Bonchev–Trinajstić information content (AvgIpc) is 2.38. The van der Waals surface area contributed by atoms with Crippen LogP contribution in [-0.2, 0) is 14.3 Å². The minimum Gasteiger partial charge on any atom is -0.468 e. The van der Waals surface area contributed by atoms with Crippen molar-refractivity contribution >= 4 is 11.9 Å². The number of ether oxygens (including phenoxy) is 1. The summed E-state index contributed by atoms with van der Waals surface area (Å²) >= 11 is 0. The highest BCUT2D eigenvalue weighted by Crippen LogP contribution is 2.18. The lowest BCUT2D eigenvalue weighted by atomic mass is 10.0. The molecule has 0 radical (unpaired) electrons. The van der Waals surface area contributed by atoms with E-state index in [1.165, 1.54) is 7.11 Å². The van der Waals surface area contributed by atoms with Crippen LogP contribution in [0.1, 0.15) is 32.1 Å². The van der Waals surface area contributed by atoms with Crippen LogP contribution in [0.25, 0.3) is 0 Å². The molecule has 0 unspecified atom stereocenters. The summed E-state index contributed by atoms with van der Waals surface area (Å²) in [6, 6.07) is -0.113. The normalized spacial score (nSPS) is 20.5. The van der Waals surface area contributed by atoms with Crippen molar-refractivity contribution in [2.45, 2.75) is 38.1 Å². The lowest BCUT2D eigenvalue weighted by Crippen LogP contribution is -2.45. The molecule has 0 bridgehead atoms. The Hall–Kier alpha value is -1.10. The summed E-state index contributed by atoms with van der Waals surface area (Å²) < 4.78 is 4.83. The van der Waals surface area contributed by atoms with E-state index in [9.17, 15) is 9.59 Å². The van der Waals surface area contributed by atoms with Gasteiger partial charge in [-0.2, -0.15) is 0 Å². The average molecular weight is 256 g/mol. The summed E-state index contributed by atoms with van der Waals surface area (Å²) in [5, 5.41) is 0. The second-order valence-electron chi connectivity index (χ2n) is 4.96. The molecule has 0 saturated carbocycles. The van der Waals surface area contributed by atoms with Crippen molar-refractivity contribution in [3.05, 3.63) is 0 Å². The number of rotatable bonds is 5. The maximum atomic E-state index is 11.6. The maximum Gasteiger partial charge on any atom is 0.323 e. The van der Waals surface area contributed by atoms with Crippen molar-refractivity contribution in [2.24, 2.45) is 0 Å². The van der Waals surface area contributed by atoms with E-state index in [0.29, 0.717) is 6.42 Å². The van der Waals surface area contributed by atoms with Gasteiger partial charge in [0.2, 0.25) is 5.91 Å². The highest BCUT2D eigenvalue weighted by Gasteiger charge is 2.28. The van der Waals surface area contributed by atoms with Gasteiger partial charge in [-0.3, -0.25) is 14.5 Å². The lowest BCUT2D eigenvalue weighted by molar-refractivity contribution is -0.148. The molecule has 0 aromatic carbocycles. The van der Waals surface area contributed by atoms with Crippen LogP contribution >= 0.6 is 0 Å². The summed E-state index contributed by atoms with van der Waals surface area (Å²) in [7, 11) is 4.96. The van der Waals surface area contributed by atoms with Gasteiger partial charge in [0, 0.05) is 20.5 Å². The fourth-order valence-electron chi connectivity index (χ4n) is 2.32. The molecule has 1 fully saturated rings. The van der Waals surface area contributed by atoms with Gasteiger partial charge in [0.05, 0.1) is 7.11 Å². The lowest BCUT2D eigenvalue weighted by Gasteiger charge is -2.33. The first-order chi connectivity index (χ1) is 8.56. The molecule has 1 atom stereocenters. The van der Waals surface area contributed by atoms with Crippen molar-refractivity contribution in [3.8, 4) is 0 Å². The minimum absolute atomic E-state index is 0.113. The van der Waals surface area contributed by atoms with Crippen LogP contribution in [0.3, 0.4) is 0 Å². The molecule has 18 heavy (non-hydrogen) atoms. The molecule has 0 aliphatic carbocycles. The molecule has 1 aliphatic heterocycles. The summed E-state index contributed by atoms with van der Waals surface area (Å²) in [5.41, 5.74) is 0. The van der Waals surface area contributed by atoms with E-state index < -0.39 is 0 Å². The zero-order valence-electron chi connectivity index (χ0n) is 11.6. The largest absolute Gasteiger partial charge is 0.468 e. The molecule has 1 heterocycles. The Morgan fingerprint density at radius 2 is 2.06 bits per heavy atom. The van der Waals surface area contributed by atoms with Crippen LogP contribution in [0.15, 0.2) is 0 Å². The number of carbonyl (C=O) groups is 2. The molecule has 0 aromatic rings. The third-order valence-electron chi connectivity index (χ3n) is 3.42. The Morgan fingerprint density at radius 3 is 2.67 bits per heavy atom. The van der Waals surface area contributed by atoms with Gasteiger partial charge in [-0.1, -0.05) is 6.42 Å². The summed E-state index contributed by atoms with van der Waals surface area (Å²) in [5.74, 6) is -0.00439. The molecule has 0 spiro atoms. The van der Waals surface area contributed by atoms with E-state index in [-0.39, 0.29) is 17.9 Å². The number of amides is 1. The molecular formula is C13H24N2O3. The zero-order valence-corrected chi connectivity index (χ0v) is 11.6. The van der Waals surface area contributed by atoms with Crippen LogP contribution < -0.4 is 0 Å². The van der Waals surface area contributed by atoms with Gasteiger partial charge in [-0.25, -0.2) is 0 Å². The van der Waals surface area contributed by atoms with Gasteiger partial charge in [-0.15, -0.1) is 0 Å².